The maximum Gasteiger partial charge on any atom is 0.129 e. The third kappa shape index (κ3) is 1.74. The van der Waals surface area contributed by atoms with Crippen LogP contribution in [0, 0.1) is 0 Å². The van der Waals surface area contributed by atoms with E-state index in [1.165, 1.54) is 6.07 Å². The van der Waals surface area contributed by atoms with E-state index in [1.54, 1.807) is 35.6 Å². The van der Waals surface area contributed by atoms with Crippen molar-refractivity contribution < 1.29 is 11.0 Å². The highest BCUT2D eigenvalue weighted by atomic mass is 15.2. The Balaban J connectivity index is 2.23. The number of nitrogens with zero attached hydrogens (tertiary/aromatic N) is 2. The first-order chi connectivity index (χ1) is 10.9. The van der Waals surface area contributed by atoms with Crippen molar-refractivity contribution in [2.75, 3.05) is 30.9 Å². The number of pyridine rings is 1. The number of anilines is 1. The minimum atomic E-state index is -2.88. The van der Waals surface area contributed by atoms with Gasteiger partial charge in [-0.25, -0.2) is 4.98 Å². The van der Waals surface area contributed by atoms with Crippen LogP contribution in [-0.4, -0.2) is 31.0 Å². The largest absolute Gasteiger partial charge is 0.354 e. The van der Waals surface area contributed by atoms with Gasteiger partial charge >= 0.3 is 0 Å². The Morgan fingerprint density at radius 2 is 1.94 bits per heavy atom. The summed E-state index contributed by atoms with van der Waals surface area (Å²) in [5.74, 6) is -0.182. The van der Waals surface area contributed by atoms with Crippen molar-refractivity contribution in [3.63, 3.8) is 0 Å². The molecule has 1 aliphatic rings. The van der Waals surface area contributed by atoms with Crippen molar-refractivity contribution in [1.82, 2.24) is 10.3 Å². The van der Waals surface area contributed by atoms with Gasteiger partial charge in [0, 0.05) is 36.9 Å². The second-order valence-corrected chi connectivity index (χ2v) is 3.30. The molecule has 0 saturated carbocycles. The smallest absolute Gasteiger partial charge is 0.129 e. The Morgan fingerprint density at radius 3 is 2.81 bits per heavy atom. The Labute approximate surface area is 106 Å². The summed E-state index contributed by atoms with van der Waals surface area (Å²) >= 11 is 0. The fourth-order valence-electron chi connectivity index (χ4n) is 1.52. The third-order valence-corrected chi connectivity index (χ3v) is 2.27. The fraction of sp³-hybridized carbons (Fsp3) is 0.308. The summed E-state index contributed by atoms with van der Waals surface area (Å²) in [5.41, 5.74) is 0.473. The summed E-state index contributed by atoms with van der Waals surface area (Å²) in [5, 5.41) is 2.55. The average Bonchev–Trinajstić information content (AvgIpc) is 2.44. The van der Waals surface area contributed by atoms with Gasteiger partial charge in [0.25, 0.3) is 0 Å². The molecule has 1 fully saturated rings. The first-order valence-corrected chi connectivity index (χ1v) is 4.86. The molecule has 1 aliphatic heterocycles. The van der Waals surface area contributed by atoms with Crippen molar-refractivity contribution in [3.05, 3.63) is 36.4 Å². The summed E-state index contributed by atoms with van der Waals surface area (Å²) in [6.07, 6.45) is 0. The van der Waals surface area contributed by atoms with E-state index in [4.69, 9.17) is 11.0 Å². The first kappa shape index (κ1) is 4.34. The summed E-state index contributed by atoms with van der Waals surface area (Å²) in [7, 11) is 0. The number of rotatable bonds is 1. The number of fused-ring (bicyclic) bond motifs is 1. The molecule has 0 amide bonds. The molecule has 1 saturated heterocycles. The van der Waals surface area contributed by atoms with Crippen LogP contribution in [-0.2, 0) is 0 Å². The average molecular weight is 221 g/mol. The molecule has 0 bridgehead atoms. The summed E-state index contributed by atoms with van der Waals surface area (Å²) < 4.78 is 63.5. The van der Waals surface area contributed by atoms with E-state index >= 15 is 0 Å². The quantitative estimate of drug-likeness (QED) is 0.793. The minimum Gasteiger partial charge on any atom is -0.354 e. The van der Waals surface area contributed by atoms with Crippen LogP contribution in [0.5, 0.6) is 0 Å². The zero-order valence-corrected chi connectivity index (χ0v) is 8.36. The number of para-hydroxylation sites is 1. The predicted molar refractivity (Wildman–Crippen MR) is 66.8 cm³/mol. The molecule has 3 heteroatoms. The lowest BCUT2D eigenvalue weighted by Crippen LogP contribution is -2.43. The van der Waals surface area contributed by atoms with E-state index in [-0.39, 0.29) is 5.82 Å². The molecule has 0 radical (unpaired) electrons. The van der Waals surface area contributed by atoms with Crippen LogP contribution in [0.2, 0.25) is 0 Å². The third-order valence-electron chi connectivity index (χ3n) is 2.27. The van der Waals surface area contributed by atoms with Gasteiger partial charge in [-0.3, -0.25) is 0 Å². The van der Waals surface area contributed by atoms with Gasteiger partial charge in [0.15, 0.2) is 0 Å². The highest BCUT2D eigenvalue weighted by Crippen LogP contribution is 2.17. The second kappa shape index (κ2) is 4.10. The normalized spacial score (nSPS) is 36.6. The molecule has 3 nitrogen and oxygen atoms in total. The van der Waals surface area contributed by atoms with Crippen molar-refractivity contribution in [1.29, 1.82) is 0 Å². The van der Waals surface area contributed by atoms with Crippen LogP contribution < -0.4 is 10.2 Å². The lowest BCUT2D eigenvalue weighted by atomic mass is 10.2. The number of aromatic nitrogens is 1. The van der Waals surface area contributed by atoms with Crippen LogP contribution in [0.1, 0.15) is 11.0 Å². The molecule has 2 heterocycles. The van der Waals surface area contributed by atoms with Gasteiger partial charge in [-0.15, -0.1) is 0 Å². The number of piperazine rings is 1. The molecule has 16 heavy (non-hydrogen) atoms. The molecule has 1 aromatic heterocycles. The molecule has 82 valence electrons. The molecule has 0 spiro atoms. The Hall–Kier alpha value is -1.61. The number of benzene rings is 1. The van der Waals surface area contributed by atoms with Crippen molar-refractivity contribution in [2.24, 2.45) is 0 Å². The van der Waals surface area contributed by atoms with E-state index in [0.717, 1.165) is 5.39 Å². The molecule has 3 rings (SSSR count). The van der Waals surface area contributed by atoms with Crippen LogP contribution in [0.3, 0.4) is 0 Å². The zero-order chi connectivity index (χ0) is 18.0. The summed E-state index contributed by atoms with van der Waals surface area (Å²) in [6.45, 7) is -11.4. The topological polar surface area (TPSA) is 28.2 Å². The maximum atomic E-state index is 8.07. The molecular formula is C13H15N3. The summed E-state index contributed by atoms with van der Waals surface area (Å²) in [4.78, 5) is 4.64. The highest BCUT2D eigenvalue weighted by molar-refractivity contribution is 5.80. The standard InChI is InChI=1S/C13H15N3/c1-2-4-12-11(3-1)5-6-13(15-12)16-9-7-14-8-10-16/h1-6,14H,7-10H2/i7D2,8D2,9D2,10D2. The molecule has 1 aromatic carbocycles. The fourth-order valence-corrected chi connectivity index (χ4v) is 1.52. The number of hydrogen-bond donors (Lipinski definition) is 1. The van der Waals surface area contributed by atoms with Crippen LogP contribution in [0.15, 0.2) is 36.4 Å². The van der Waals surface area contributed by atoms with Gasteiger partial charge in [-0.05, 0) is 18.2 Å². The predicted octanol–water partition coefficient (Wildman–Crippen LogP) is 1.64. The number of nitrogens with one attached hydrogen (secondary N) is 1. The van der Waals surface area contributed by atoms with Gasteiger partial charge in [-0.1, -0.05) is 18.2 Å². The molecule has 1 N–H and O–H groups in total. The van der Waals surface area contributed by atoms with Crippen molar-refractivity contribution in [3.8, 4) is 0 Å². The van der Waals surface area contributed by atoms with Crippen LogP contribution in [0.25, 0.3) is 10.9 Å². The first-order valence-electron chi connectivity index (χ1n) is 8.86. The Morgan fingerprint density at radius 1 is 1.12 bits per heavy atom. The molecule has 0 aliphatic carbocycles. The SMILES string of the molecule is [2H]C1([2H])NC([2H])([2H])C([2H])([2H])N(c2ccc3ccccc3n2)C1([2H])[2H]. The van der Waals surface area contributed by atoms with Crippen molar-refractivity contribution >= 4 is 16.7 Å². The molecule has 2 aromatic rings. The van der Waals surface area contributed by atoms with Crippen LogP contribution >= 0.6 is 0 Å². The molecule has 0 unspecified atom stereocenters. The van der Waals surface area contributed by atoms with Gasteiger partial charge in [-0.2, -0.15) is 0 Å². The monoisotopic (exact) mass is 221 g/mol. The van der Waals surface area contributed by atoms with E-state index in [9.17, 15) is 0 Å². The summed E-state index contributed by atoms with van der Waals surface area (Å²) in [6, 6.07) is 9.93. The van der Waals surface area contributed by atoms with E-state index in [1.807, 2.05) is 0 Å². The maximum absolute atomic E-state index is 8.07. The van der Waals surface area contributed by atoms with E-state index in [2.05, 4.69) is 4.98 Å². The Kier molecular flexibility index (Phi) is 1.11. The number of hydrogen-bond acceptors (Lipinski definition) is 3. The second-order valence-electron chi connectivity index (χ2n) is 3.30. The minimum absolute atomic E-state index is 0.182. The van der Waals surface area contributed by atoms with Gasteiger partial charge in [0.2, 0.25) is 0 Å². The lowest BCUT2D eigenvalue weighted by molar-refractivity contribution is 0.585. The Bertz CT molecular complexity index is 766. The van der Waals surface area contributed by atoms with Gasteiger partial charge < -0.3 is 10.2 Å². The molecule has 0 atom stereocenters. The zero-order valence-electron chi connectivity index (χ0n) is 16.4. The van der Waals surface area contributed by atoms with Crippen molar-refractivity contribution in [2.45, 2.75) is 0 Å². The van der Waals surface area contributed by atoms with Gasteiger partial charge in [0.05, 0.1) is 11.0 Å². The van der Waals surface area contributed by atoms with E-state index in [0.29, 0.717) is 10.4 Å². The lowest BCUT2D eigenvalue weighted by Gasteiger charge is -2.28. The van der Waals surface area contributed by atoms with Gasteiger partial charge in [0.1, 0.15) is 5.82 Å². The van der Waals surface area contributed by atoms with Crippen LogP contribution in [0.4, 0.5) is 5.82 Å². The molecular weight excluding hydrogens is 198 g/mol. The van der Waals surface area contributed by atoms with E-state index < -0.39 is 26.0 Å². The highest BCUT2D eigenvalue weighted by Gasteiger charge is 2.11.